The molecule has 10 nitrogen and oxygen atoms in total. The highest BCUT2D eigenvalue weighted by Crippen LogP contribution is 2.33. The van der Waals surface area contributed by atoms with E-state index in [0.29, 0.717) is 38.5 Å². The molecule has 1 N–H and O–H groups in total. The highest BCUT2D eigenvalue weighted by atomic mass is 35.5. The quantitative estimate of drug-likeness (QED) is 0.123. The van der Waals surface area contributed by atoms with Crippen LogP contribution in [0.5, 0.6) is 5.75 Å². The molecule has 190 valence electrons. The highest BCUT2D eigenvalue weighted by Gasteiger charge is 2.20. The van der Waals surface area contributed by atoms with Gasteiger partial charge in [-0.05, 0) is 54.6 Å². The summed E-state index contributed by atoms with van der Waals surface area (Å²) in [5, 5.41) is 25.4. The van der Waals surface area contributed by atoms with Crippen molar-refractivity contribution >= 4 is 51.6 Å². The van der Waals surface area contributed by atoms with Crippen molar-refractivity contribution in [3.8, 4) is 33.4 Å². The molecule has 0 atom stereocenters. The lowest BCUT2D eigenvalue weighted by molar-refractivity contribution is -0.384. The summed E-state index contributed by atoms with van der Waals surface area (Å²) < 4.78 is 6.46. The molecule has 13 heteroatoms. The highest BCUT2D eigenvalue weighted by molar-refractivity contribution is 7.12. The average molecular weight is 567 g/mol. The van der Waals surface area contributed by atoms with Crippen LogP contribution in [-0.2, 0) is 0 Å². The number of hydrogen-bond donors (Lipinski definition) is 1. The summed E-state index contributed by atoms with van der Waals surface area (Å²) in [7, 11) is 1.59. The van der Waals surface area contributed by atoms with Crippen molar-refractivity contribution in [1.82, 2.24) is 14.8 Å². The fourth-order valence-corrected chi connectivity index (χ4v) is 4.77. The van der Waals surface area contributed by atoms with Gasteiger partial charge in [0.25, 0.3) is 5.69 Å². The minimum atomic E-state index is -0.511. The topological polar surface area (TPSA) is 128 Å². The van der Waals surface area contributed by atoms with Crippen molar-refractivity contribution in [2.24, 2.45) is 10.2 Å². The minimum Gasteiger partial charge on any atom is -0.497 e. The van der Waals surface area contributed by atoms with Crippen molar-refractivity contribution in [1.29, 1.82) is 0 Å². The number of ether oxygens (including phenoxy) is 1. The molecule has 0 saturated carbocycles. The van der Waals surface area contributed by atoms with Gasteiger partial charge in [-0.15, -0.1) is 21.6 Å². The van der Waals surface area contributed by atoms with Crippen LogP contribution in [0.3, 0.4) is 0 Å². The van der Waals surface area contributed by atoms with E-state index in [0.717, 1.165) is 5.56 Å². The Morgan fingerprint density at radius 3 is 2.39 bits per heavy atom. The van der Waals surface area contributed by atoms with Crippen molar-refractivity contribution in [2.45, 2.75) is 0 Å². The molecule has 0 spiro atoms. The third-order valence-electron chi connectivity index (χ3n) is 5.47. The molecule has 3 aromatic carbocycles. The molecule has 0 radical (unpaired) electrons. The van der Waals surface area contributed by atoms with E-state index < -0.39 is 10.5 Å². The molecule has 0 aliphatic carbocycles. The maximum absolute atomic E-state index is 13.5. The van der Waals surface area contributed by atoms with Crippen molar-refractivity contribution < 1.29 is 9.66 Å². The number of aromatic amines is 1. The van der Waals surface area contributed by atoms with Gasteiger partial charge >= 0.3 is 5.56 Å². The van der Waals surface area contributed by atoms with Crippen LogP contribution < -0.4 is 10.3 Å². The molecule has 0 aliphatic heterocycles. The molecule has 0 amide bonds. The first kappa shape index (κ1) is 25.3. The number of methoxy groups -OCH3 is 1. The summed E-state index contributed by atoms with van der Waals surface area (Å²) in [6.07, 6.45) is 0. The first-order valence-corrected chi connectivity index (χ1v) is 12.5. The molecular weight excluding hydrogens is 551 g/mol. The predicted octanol–water partition coefficient (Wildman–Crippen LogP) is 7.60. The van der Waals surface area contributed by atoms with Gasteiger partial charge in [-0.2, -0.15) is 4.68 Å². The van der Waals surface area contributed by atoms with E-state index in [1.54, 1.807) is 19.2 Å². The lowest BCUT2D eigenvalue weighted by Gasteiger charge is -2.01. The minimum absolute atomic E-state index is 0.0222. The summed E-state index contributed by atoms with van der Waals surface area (Å²) >= 11 is 13.4. The fourth-order valence-electron chi connectivity index (χ4n) is 3.53. The number of nitro benzene ring substituents is 1. The molecule has 0 aliphatic rings. The first-order valence-electron chi connectivity index (χ1n) is 10.9. The van der Waals surface area contributed by atoms with Crippen molar-refractivity contribution in [3.05, 3.63) is 103 Å². The third kappa shape index (κ3) is 5.07. The molecule has 5 aromatic rings. The molecule has 0 saturated heterocycles. The lowest BCUT2D eigenvalue weighted by Crippen LogP contribution is -2.13. The molecule has 38 heavy (non-hydrogen) atoms. The van der Waals surface area contributed by atoms with E-state index in [9.17, 15) is 14.9 Å². The molecule has 0 fully saturated rings. The fraction of sp³-hybridized carbons (Fsp3) is 0.0400. The van der Waals surface area contributed by atoms with E-state index >= 15 is 0 Å². The number of rotatable bonds is 7. The Morgan fingerprint density at radius 2 is 1.74 bits per heavy atom. The maximum atomic E-state index is 13.5. The van der Waals surface area contributed by atoms with Crippen LogP contribution in [0.2, 0.25) is 10.0 Å². The number of thiazole rings is 1. The summed E-state index contributed by atoms with van der Waals surface area (Å²) in [4.78, 5) is 28.7. The second-order valence-electron chi connectivity index (χ2n) is 7.82. The van der Waals surface area contributed by atoms with Gasteiger partial charge in [0.2, 0.25) is 5.13 Å². The Hall–Kier alpha value is -4.32. The number of azo groups is 1. The van der Waals surface area contributed by atoms with E-state index in [-0.39, 0.29) is 16.4 Å². The number of nitro groups is 1. The molecular formula is C25H16Cl2N6O4S. The van der Waals surface area contributed by atoms with Crippen LogP contribution in [0.4, 0.5) is 17.1 Å². The van der Waals surface area contributed by atoms with Crippen LogP contribution in [0, 0.1) is 10.1 Å². The van der Waals surface area contributed by atoms with Crippen LogP contribution in [-0.4, -0.2) is 26.8 Å². The smallest absolute Gasteiger partial charge is 0.301 e. The summed E-state index contributed by atoms with van der Waals surface area (Å²) in [6, 6.07) is 17.8. The maximum Gasteiger partial charge on any atom is 0.301 e. The number of hydrogen-bond acceptors (Lipinski definition) is 8. The lowest BCUT2D eigenvalue weighted by atomic mass is 10.1. The van der Waals surface area contributed by atoms with Crippen molar-refractivity contribution in [3.63, 3.8) is 0 Å². The Balaban J connectivity index is 1.59. The standard InChI is InChI=1S/C25H16Cl2N6O4S/c1-37-18-9-4-14(5-10-18)21-13-38-25(28-21)32-24(34)23(30-29-20-11-6-16(26)12-19(20)27)22(31-32)15-2-7-17(8-3-15)33(35)36/h2-13,31H,1H3. The molecule has 0 unspecified atom stereocenters. The Kier molecular flexibility index (Phi) is 7.05. The number of halogens is 2. The molecule has 5 rings (SSSR count). The van der Waals surface area contributed by atoms with E-state index in [2.05, 4.69) is 20.3 Å². The molecule has 2 heterocycles. The number of nitrogens with zero attached hydrogens (tertiary/aromatic N) is 5. The Morgan fingerprint density at radius 1 is 1.03 bits per heavy atom. The number of H-pyrrole nitrogens is 1. The van der Waals surface area contributed by atoms with Gasteiger partial charge in [0.05, 0.1) is 28.4 Å². The molecule has 2 aromatic heterocycles. The van der Waals surface area contributed by atoms with Crippen LogP contribution in [0.25, 0.3) is 27.6 Å². The number of aromatic nitrogens is 3. The van der Waals surface area contributed by atoms with E-state index in [1.807, 2.05) is 29.6 Å². The van der Waals surface area contributed by atoms with E-state index in [1.165, 1.54) is 46.4 Å². The van der Waals surface area contributed by atoms with Gasteiger partial charge in [-0.1, -0.05) is 23.2 Å². The number of non-ortho nitro benzene ring substituents is 1. The van der Waals surface area contributed by atoms with Crippen LogP contribution >= 0.6 is 34.5 Å². The van der Waals surface area contributed by atoms with Gasteiger partial charge < -0.3 is 4.74 Å². The zero-order valence-electron chi connectivity index (χ0n) is 19.5. The molecule has 0 bridgehead atoms. The van der Waals surface area contributed by atoms with Gasteiger partial charge in [-0.3, -0.25) is 20.0 Å². The second kappa shape index (κ2) is 10.6. The Labute approximate surface area is 228 Å². The zero-order chi connectivity index (χ0) is 26.8. The van der Waals surface area contributed by atoms with Crippen LogP contribution in [0.15, 0.2) is 87.1 Å². The number of nitrogens with one attached hydrogen (secondary N) is 1. The van der Waals surface area contributed by atoms with Gasteiger partial charge in [0.1, 0.15) is 11.4 Å². The Bertz CT molecular complexity index is 1730. The SMILES string of the molecule is COc1ccc(-c2csc(-n3[nH]c(-c4ccc([N+](=O)[O-])cc4)c(N=Nc4ccc(Cl)cc4Cl)c3=O)n2)cc1. The average Bonchev–Trinajstić information content (AvgIpc) is 3.53. The summed E-state index contributed by atoms with van der Waals surface area (Å²) in [6.45, 7) is 0. The van der Waals surface area contributed by atoms with Gasteiger partial charge in [0, 0.05) is 33.7 Å². The van der Waals surface area contributed by atoms with Crippen LogP contribution in [0.1, 0.15) is 0 Å². The summed E-state index contributed by atoms with van der Waals surface area (Å²) in [5.74, 6) is 0.716. The normalized spacial score (nSPS) is 11.2. The van der Waals surface area contributed by atoms with E-state index in [4.69, 9.17) is 27.9 Å². The monoisotopic (exact) mass is 566 g/mol. The van der Waals surface area contributed by atoms with Gasteiger partial charge in [0.15, 0.2) is 5.69 Å². The second-order valence-corrected chi connectivity index (χ2v) is 9.50. The zero-order valence-corrected chi connectivity index (χ0v) is 21.8. The number of benzene rings is 3. The van der Waals surface area contributed by atoms with Gasteiger partial charge in [-0.25, -0.2) is 4.98 Å². The third-order valence-corrected chi connectivity index (χ3v) is 6.83. The first-order chi connectivity index (χ1) is 18.3. The predicted molar refractivity (Wildman–Crippen MR) is 147 cm³/mol. The van der Waals surface area contributed by atoms with Crippen molar-refractivity contribution in [2.75, 3.05) is 7.11 Å². The largest absolute Gasteiger partial charge is 0.497 e. The summed E-state index contributed by atoms with van der Waals surface area (Å²) in [5.41, 5.74) is 2.01.